The van der Waals surface area contributed by atoms with E-state index in [2.05, 4.69) is 0 Å². The first-order valence-electron chi connectivity index (χ1n) is 9.73. The van der Waals surface area contributed by atoms with Crippen LogP contribution in [0.2, 0.25) is 5.02 Å². The minimum Gasteiger partial charge on any atom is -0.332 e. The maximum absolute atomic E-state index is 13.3. The lowest BCUT2D eigenvalue weighted by molar-refractivity contribution is -0.143. The Balaban J connectivity index is 1.73. The standard InChI is InChI=1S/C22H18ClF6NO/c1-11-2-3-17(23)16(6-11)19-5-4-18-15(10-20(31)30(18)19)12-7-13(21(24,25)26)9-14(8-12)22(27,28)29/h2-3,6-9,15,18-19H,4-5,10H2,1H3/t15-,18+,19+/m1/s1. The molecule has 0 saturated carbocycles. The Morgan fingerprint density at radius 1 is 0.935 bits per heavy atom. The lowest BCUT2D eigenvalue weighted by atomic mass is 9.87. The number of carbonyl (C=O) groups excluding carboxylic acids is 1. The molecule has 0 N–H and O–H groups in total. The molecule has 2 saturated heterocycles. The normalized spacial score (nSPS) is 24.1. The van der Waals surface area contributed by atoms with Gasteiger partial charge in [0, 0.05) is 23.4 Å². The van der Waals surface area contributed by atoms with Crippen LogP contribution in [0.5, 0.6) is 0 Å². The zero-order chi connectivity index (χ0) is 22.7. The lowest BCUT2D eigenvalue weighted by Crippen LogP contribution is -2.31. The third-order valence-electron chi connectivity index (χ3n) is 6.12. The van der Waals surface area contributed by atoms with Crippen LogP contribution < -0.4 is 0 Å². The van der Waals surface area contributed by atoms with E-state index in [1.54, 1.807) is 11.0 Å². The van der Waals surface area contributed by atoms with Gasteiger partial charge in [0.2, 0.25) is 5.91 Å². The summed E-state index contributed by atoms with van der Waals surface area (Å²) in [6.45, 7) is 1.88. The van der Waals surface area contributed by atoms with Crippen molar-refractivity contribution in [2.45, 2.75) is 56.5 Å². The summed E-state index contributed by atoms with van der Waals surface area (Å²) in [5.41, 5.74) is -1.14. The first kappa shape index (κ1) is 22.0. The highest BCUT2D eigenvalue weighted by Gasteiger charge is 2.49. The van der Waals surface area contributed by atoms with Gasteiger partial charge < -0.3 is 4.90 Å². The summed E-state index contributed by atoms with van der Waals surface area (Å²) in [5, 5.41) is 0.478. The quantitative estimate of drug-likeness (QED) is 0.445. The van der Waals surface area contributed by atoms with Crippen molar-refractivity contribution < 1.29 is 31.1 Å². The number of hydrogen-bond donors (Lipinski definition) is 0. The predicted molar refractivity (Wildman–Crippen MR) is 103 cm³/mol. The van der Waals surface area contributed by atoms with Gasteiger partial charge in [0.05, 0.1) is 17.2 Å². The molecule has 31 heavy (non-hydrogen) atoms. The molecule has 0 radical (unpaired) electrons. The minimum absolute atomic E-state index is 0.112. The number of fused-ring (bicyclic) bond motifs is 1. The number of aryl methyl sites for hydroxylation is 1. The Morgan fingerprint density at radius 2 is 1.55 bits per heavy atom. The number of nitrogens with zero attached hydrogens (tertiary/aromatic N) is 1. The number of hydrogen-bond acceptors (Lipinski definition) is 1. The maximum atomic E-state index is 13.3. The summed E-state index contributed by atoms with van der Waals surface area (Å²) >= 11 is 6.32. The molecule has 2 aromatic rings. The molecule has 9 heteroatoms. The SMILES string of the molecule is Cc1ccc(Cl)c([C@@H]2CC[C@H]3[C@@H](c4cc(C(F)(F)F)cc(C(F)(F)F)c4)CC(=O)N23)c1. The van der Waals surface area contributed by atoms with E-state index in [-0.39, 0.29) is 30.0 Å². The summed E-state index contributed by atoms with van der Waals surface area (Å²) in [5.74, 6) is -1.04. The van der Waals surface area contributed by atoms with E-state index in [0.717, 1.165) is 23.3 Å². The second kappa shape index (κ2) is 7.43. The summed E-state index contributed by atoms with van der Waals surface area (Å²) in [6.07, 6.45) is -8.97. The Labute approximate surface area is 179 Å². The van der Waals surface area contributed by atoms with Crippen molar-refractivity contribution in [1.82, 2.24) is 4.90 Å². The van der Waals surface area contributed by atoms with Crippen molar-refractivity contribution in [1.29, 1.82) is 0 Å². The largest absolute Gasteiger partial charge is 0.416 e. The average Bonchev–Trinajstić information content (AvgIpc) is 3.23. The van der Waals surface area contributed by atoms with E-state index in [0.29, 0.717) is 17.9 Å². The van der Waals surface area contributed by atoms with Crippen LogP contribution in [0, 0.1) is 6.92 Å². The molecule has 0 bridgehead atoms. The van der Waals surface area contributed by atoms with Crippen LogP contribution in [-0.4, -0.2) is 16.8 Å². The van der Waals surface area contributed by atoms with Crippen LogP contribution in [0.3, 0.4) is 0 Å². The summed E-state index contributed by atoms with van der Waals surface area (Å²) in [6, 6.07) is 6.19. The molecule has 0 aromatic heterocycles. The number of rotatable bonds is 2. The van der Waals surface area contributed by atoms with Crippen LogP contribution in [0.4, 0.5) is 26.3 Å². The van der Waals surface area contributed by atoms with Crippen molar-refractivity contribution >= 4 is 17.5 Å². The lowest BCUT2D eigenvalue weighted by Gasteiger charge is -2.27. The molecule has 2 aliphatic heterocycles. The van der Waals surface area contributed by atoms with E-state index in [1.165, 1.54) is 0 Å². The van der Waals surface area contributed by atoms with Gasteiger partial charge in [0.1, 0.15) is 0 Å². The van der Waals surface area contributed by atoms with E-state index < -0.39 is 35.4 Å². The van der Waals surface area contributed by atoms with E-state index in [9.17, 15) is 31.1 Å². The molecule has 2 heterocycles. The van der Waals surface area contributed by atoms with Gasteiger partial charge in [0.25, 0.3) is 0 Å². The zero-order valence-electron chi connectivity index (χ0n) is 16.3. The molecule has 0 unspecified atom stereocenters. The molecule has 4 rings (SSSR count). The number of carbonyl (C=O) groups is 1. The maximum Gasteiger partial charge on any atom is 0.416 e. The summed E-state index contributed by atoms with van der Waals surface area (Å²) in [7, 11) is 0. The molecular weight excluding hydrogens is 444 g/mol. The Kier molecular flexibility index (Phi) is 5.27. The Bertz CT molecular complexity index is 999. The van der Waals surface area contributed by atoms with Crippen molar-refractivity contribution in [3.8, 4) is 0 Å². The highest BCUT2D eigenvalue weighted by molar-refractivity contribution is 6.31. The van der Waals surface area contributed by atoms with Gasteiger partial charge in [-0.1, -0.05) is 29.3 Å². The third kappa shape index (κ3) is 4.02. The van der Waals surface area contributed by atoms with Gasteiger partial charge in [0.15, 0.2) is 0 Å². The smallest absolute Gasteiger partial charge is 0.332 e. The fraction of sp³-hybridized carbons (Fsp3) is 0.409. The van der Waals surface area contributed by atoms with Crippen LogP contribution in [0.15, 0.2) is 36.4 Å². The topological polar surface area (TPSA) is 20.3 Å². The van der Waals surface area contributed by atoms with Crippen LogP contribution in [0.25, 0.3) is 0 Å². The van der Waals surface area contributed by atoms with Gasteiger partial charge >= 0.3 is 12.4 Å². The molecule has 3 atom stereocenters. The summed E-state index contributed by atoms with van der Waals surface area (Å²) < 4.78 is 79.6. The molecule has 2 aliphatic rings. The molecule has 2 aromatic carbocycles. The van der Waals surface area contributed by atoms with Gasteiger partial charge in [-0.2, -0.15) is 26.3 Å². The number of amides is 1. The second-order valence-corrected chi connectivity index (χ2v) is 8.54. The van der Waals surface area contributed by atoms with Gasteiger partial charge in [-0.25, -0.2) is 0 Å². The second-order valence-electron chi connectivity index (χ2n) is 8.14. The highest BCUT2D eigenvalue weighted by Crippen LogP contribution is 2.50. The average molecular weight is 462 g/mol. The van der Waals surface area contributed by atoms with Crippen LogP contribution in [-0.2, 0) is 17.1 Å². The molecule has 166 valence electrons. The fourth-order valence-electron chi connectivity index (χ4n) is 4.78. The minimum atomic E-state index is -4.92. The van der Waals surface area contributed by atoms with Crippen molar-refractivity contribution in [2.75, 3.05) is 0 Å². The van der Waals surface area contributed by atoms with Crippen LogP contribution in [0.1, 0.15) is 59.0 Å². The van der Waals surface area contributed by atoms with E-state index in [1.807, 2.05) is 19.1 Å². The van der Waals surface area contributed by atoms with Crippen molar-refractivity contribution in [3.63, 3.8) is 0 Å². The summed E-state index contributed by atoms with van der Waals surface area (Å²) in [4.78, 5) is 14.4. The fourth-order valence-corrected chi connectivity index (χ4v) is 5.02. The van der Waals surface area contributed by atoms with Crippen molar-refractivity contribution in [3.05, 3.63) is 69.2 Å². The highest BCUT2D eigenvalue weighted by atomic mass is 35.5. The first-order valence-corrected chi connectivity index (χ1v) is 10.1. The first-order chi connectivity index (χ1) is 14.4. The van der Waals surface area contributed by atoms with E-state index in [4.69, 9.17) is 11.6 Å². The molecular formula is C22H18ClF6NO. The molecule has 0 aliphatic carbocycles. The Hall–Kier alpha value is -2.22. The molecule has 1 amide bonds. The van der Waals surface area contributed by atoms with E-state index >= 15 is 0 Å². The third-order valence-corrected chi connectivity index (χ3v) is 6.47. The van der Waals surface area contributed by atoms with Gasteiger partial charge in [-0.05, 0) is 55.2 Å². The number of halogens is 7. The Morgan fingerprint density at radius 3 is 2.13 bits per heavy atom. The molecule has 2 nitrogen and oxygen atoms in total. The van der Waals surface area contributed by atoms with Crippen molar-refractivity contribution in [2.24, 2.45) is 0 Å². The zero-order valence-corrected chi connectivity index (χ0v) is 17.1. The number of alkyl halides is 6. The number of benzene rings is 2. The molecule has 2 fully saturated rings. The van der Waals surface area contributed by atoms with Crippen LogP contribution >= 0.6 is 11.6 Å². The van der Waals surface area contributed by atoms with Gasteiger partial charge in [-0.15, -0.1) is 0 Å². The monoisotopic (exact) mass is 461 g/mol. The molecule has 0 spiro atoms. The van der Waals surface area contributed by atoms with Gasteiger partial charge in [-0.3, -0.25) is 4.79 Å². The predicted octanol–water partition coefficient (Wildman–Crippen LogP) is 6.91.